The second-order valence-electron chi connectivity index (χ2n) is 9.64. The van der Waals surface area contributed by atoms with Crippen LogP contribution in [0.25, 0.3) is 0 Å². The molecule has 28 heavy (non-hydrogen) atoms. The van der Waals surface area contributed by atoms with E-state index in [0.29, 0.717) is 6.61 Å². The van der Waals surface area contributed by atoms with Gasteiger partial charge in [-0.25, -0.2) is 4.36 Å². The molecule has 4 aliphatic rings. The highest BCUT2D eigenvalue weighted by Crippen LogP contribution is 2.51. The summed E-state index contributed by atoms with van der Waals surface area (Å²) in [5, 5.41) is 7.06. The Balaban J connectivity index is 1.70. The number of ether oxygens (including phenoxy) is 1. The van der Waals surface area contributed by atoms with Gasteiger partial charge < -0.3 is 15.0 Å². The van der Waals surface area contributed by atoms with Crippen LogP contribution >= 0.6 is 0 Å². The Kier molecular flexibility index (Phi) is 4.80. The minimum Gasteiger partial charge on any atom is -0.374 e. The van der Waals surface area contributed by atoms with Gasteiger partial charge in [0.05, 0.1) is 18.4 Å². The molecule has 4 aliphatic heterocycles. The minimum atomic E-state index is -2.15. The van der Waals surface area contributed by atoms with Gasteiger partial charge in [-0.1, -0.05) is 6.92 Å². The maximum absolute atomic E-state index is 12.2. The lowest BCUT2D eigenvalue weighted by molar-refractivity contribution is -0.129. The molecule has 0 aromatic heterocycles. The summed E-state index contributed by atoms with van der Waals surface area (Å²) >= 11 is 0. The lowest BCUT2D eigenvalue weighted by Gasteiger charge is -2.50. The predicted octanol–water partition coefficient (Wildman–Crippen LogP) is 1.16. The molecule has 4 heterocycles. The largest absolute Gasteiger partial charge is 0.374 e. The number of rotatable bonds is 2. The van der Waals surface area contributed by atoms with Gasteiger partial charge in [0.1, 0.15) is 12.0 Å². The molecule has 2 saturated heterocycles. The van der Waals surface area contributed by atoms with E-state index >= 15 is 0 Å². The van der Waals surface area contributed by atoms with Gasteiger partial charge in [-0.2, -0.15) is 0 Å². The topological polar surface area (TPSA) is 104 Å². The van der Waals surface area contributed by atoms with Crippen LogP contribution in [-0.2, 0) is 14.5 Å². The third-order valence-corrected chi connectivity index (χ3v) is 7.12. The molecule has 0 bridgehead atoms. The molecule has 9 heteroatoms. The molecule has 2 fully saturated rings. The van der Waals surface area contributed by atoms with Crippen molar-refractivity contribution >= 4 is 15.9 Å². The molecule has 0 saturated carbocycles. The summed E-state index contributed by atoms with van der Waals surface area (Å²) in [7, 11) is -2.15. The number of nitrogens with one attached hydrogen (secondary N) is 2. The second kappa shape index (κ2) is 6.68. The molecule has 0 aromatic rings. The first-order chi connectivity index (χ1) is 13.0. The fourth-order valence-corrected chi connectivity index (χ4v) is 5.77. The van der Waals surface area contributed by atoms with E-state index in [-0.39, 0.29) is 29.4 Å². The Morgan fingerprint density at radius 3 is 2.82 bits per heavy atom. The normalized spacial score (nSPS) is 40.0. The SMILES string of the molecule is CC1(C)C[C@H]2N(C3CCCC(N=S(C)(C)=O)N3)C3=C(C=NC(N)N3)[C@@]2(C)CO1. The molecule has 0 amide bonds. The van der Waals surface area contributed by atoms with E-state index in [2.05, 4.69) is 45.7 Å². The molecule has 0 radical (unpaired) electrons. The molecule has 0 aliphatic carbocycles. The lowest BCUT2D eigenvalue weighted by atomic mass is 9.72. The maximum atomic E-state index is 12.2. The third-order valence-electron chi connectivity index (χ3n) is 6.35. The van der Waals surface area contributed by atoms with E-state index in [1.165, 1.54) is 5.57 Å². The highest BCUT2D eigenvalue weighted by Gasteiger charge is 2.56. The van der Waals surface area contributed by atoms with Crippen molar-refractivity contribution in [2.75, 3.05) is 19.1 Å². The minimum absolute atomic E-state index is 0.0871. The van der Waals surface area contributed by atoms with Crippen molar-refractivity contribution in [1.82, 2.24) is 15.5 Å². The summed E-state index contributed by atoms with van der Waals surface area (Å²) < 4.78 is 23.0. The Bertz CT molecular complexity index is 822. The van der Waals surface area contributed by atoms with E-state index < -0.39 is 16.0 Å². The summed E-state index contributed by atoms with van der Waals surface area (Å²) in [5.41, 5.74) is 6.95. The van der Waals surface area contributed by atoms with Crippen molar-refractivity contribution in [2.45, 2.75) is 76.7 Å². The van der Waals surface area contributed by atoms with Crippen LogP contribution in [0.4, 0.5) is 0 Å². The van der Waals surface area contributed by atoms with Gasteiger partial charge in [-0.05, 0) is 39.5 Å². The van der Waals surface area contributed by atoms with Gasteiger partial charge >= 0.3 is 0 Å². The first-order valence-corrected chi connectivity index (χ1v) is 12.5. The van der Waals surface area contributed by atoms with Crippen LogP contribution in [0.3, 0.4) is 0 Å². The Morgan fingerprint density at radius 2 is 2.11 bits per heavy atom. The molecular weight excluding hydrogens is 376 g/mol. The quantitative estimate of drug-likeness (QED) is 0.631. The van der Waals surface area contributed by atoms with Crippen LogP contribution < -0.4 is 16.4 Å². The first kappa shape index (κ1) is 20.1. The van der Waals surface area contributed by atoms with Crippen LogP contribution in [0.1, 0.15) is 46.5 Å². The first-order valence-electron chi connectivity index (χ1n) is 10.1. The fraction of sp³-hybridized carbons (Fsp3) is 0.842. The highest BCUT2D eigenvalue weighted by molar-refractivity contribution is 7.92. The molecule has 0 spiro atoms. The van der Waals surface area contributed by atoms with Crippen LogP contribution in [0, 0.1) is 5.41 Å². The van der Waals surface area contributed by atoms with Crippen molar-refractivity contribution in [1.29, 1.82) is 0 Å². The van der Waals surface area contributed by atoms with Crippen molar-refractivity contribution in [3.63, 3.8) is 0 Å². The average molecular weight is 411 g/mol. The van der Waals surface area contributed by atoms with Gasteiger partial charge in [0, 0.05) is 45.5 Å². The van der Waals surface area contributed by atoms with Crippen LogP contribution in [-0.4, -0.2) is 64.7 Å². The standard InChI is InChI=1S/C19H34N6O2S/c1-18(2)9-13-19(3,11-27-18)12-10-21-17(20)23-16(12)25(13)15-8-6-7-14(22-15)24-28(4,5)26/h10,13-15,17,22-23H,6-9,11,20H2,1-5H3/t13-,14?,15?,17?,19-/m1/s1. The summed E-state index contributed by atoms with van der Waals surface area (Å²) in [4.78, 5) is 6.87. The molecule has 4 N–H and O–H groups in total. The number of aliphatic imine (C=N–C) groups is 1. The van der Waals surface area contributed by atoms with E-state index in [0.717, 1.165) is 31.5 Å². The zero-order valence-electron chi connectivity index (χ0n) is 17.6. The van der Waals surface area contributed by atoms with E-state index in [1.54, 1.807) is 12.5 Å². The second-order valence-corrected chi connectivity index (χ2v) is 12.2. The fourth-order valence-electron chi connectivity index (χ4n) is 4.99. The van der Waals surface area contributed by atoms with Gasteiger partial charge in [0.25, 0.3) is 0 Å². The monoisotopic (exact) mass is 410 g/mol. The van der Waals surface area contributed by atoms with Gasteiger partial charge in [0.2, 0.25) is 0 Å². The molecule has 0 aromatic carbocycles. The Morgan fingerprint density at radius 1 is 1.36 bits per heavy atom. The maximum Gasteiger partial charge on any atom is 0.172 e. The van der Waals surface area contributed by atoms with Crippen molar-refractivity contribution in [3.05, 3.63) is 11.4 Å². The van der Waals surface area contributed by atoms with Crippen LogP contribution in [0.5, 0.6) is 0 Å². The van der Waals surface area contributed by atoms with E-state index in [9.17, 15) is 4.21 Å². The molecule has 5 atom stereocenters. The number of hydrogen-bond acceptors (Lipinski definition) is 8. The number of nitrogens with two attached hydrogens (primary N) is 1. The van der Waals surface area contributed by atoms with Crippen molar-refractivity contribution < 1.29 is 8.95 Å². The predicted molar refractivity (Wildman–Crippen MR) is 112 cm³/mol. The lowest BCUT2D eigenvalue weighted by Crippen LogP contribution is -2.60. The van der Waals surface area contributed by atoms with Gasteiger partial charge in [0.15, 0.2) is 6.29 Å². The zero-order valence-corrected chi connectivity index (χ0v) is 18.4. The van der Waals surface area contributed by atoms with Gasteiger partial charge in [-0.15, -0.1) is 0 Å². The summed E-state index contributed by atoms with van der Waals surface area (Å²) in [6.07, 6.45) is 8.81. The summed E-state index contributed by atoms with van der Waals surface area (Å²) in [5.74, 6) is 1.06. The number of nitrogens with zero attached hydrogens (tertiary/aromatic N) is 3. The third kappa shape index (κ3) is 3.58. The molecular formula is C19H34N6O2S. The van der Waals surface area contributed by atoms with Crippen LogP contribution in [0.2, 0.25) is 0 Å². The van der Waals surface area contributed by atoms with Crippen molar-refractivity contribution in [3.8, 4) is 0 Å². The summed E-state index contributed by atoms with van der Waals surface area (Å²) in [6.45, 7) is 7.24. The molecule has 4 rings (SSSR count). The Labute approximate surface area is 168 Å². The van der Waals surface area contributed by atoms with E-state index in [4.69, 9.17) is 10.5 Å². The smallest absolute Gasteiger partial charge is 0.172 e. The van der Waals surface area contributed by atoms with Gasteiger partial charge in [-0.3, -0.25) is 20.3 Å². The zero-order chi connectivity index (χ0) is 20.3. The number of piperidine rings is 1. The number of hydrogen-bond donors (Lipinski definition) is 3. The molecule has 8 nitrogen and oxygen atoms in total. The molecule has 3 unspecified atom stereocenters. The number of fused-ring (bicyclic) bond motifs is 2. The van der Waals surface area contributed by atoms with Crippen molar-refractivity contribution in [2.24, 2.45) is 20.5 Å². The highest BCUT2D eigenvalue weighted by atomic mass is 32.2. The van der Waals surface area contributed by atoms with E-state index in [1.807, 2.05) is 6.21 Å². The Hall–Kier alpha value is -1.16. The average Bonchev–Trinajstić information content (AvgIpc) is 2.81. The molecule has 158 valence electrons. The van der Waals surface area contributed by atoms with Crippen LogP contribution in [0.15, 0.2) is 20.7 Å². The summed E-state index contributed by atoms with van der Waals surface area (Å²) in [6, 6.07) is 0.273.